The van der Waals surface area contributed by atoms with Crippen molar-refractivity contribution in [2.24, 2.45) is 10.7 Å². The van der Waals surface area contributed by atoms with Gasteiger partial charge in [0.1, 0.15) is 0 Å². The van der Waals surface area contributed by atoms with Crippen molar-refractivity contribution in [2.75, 3.05) is 0 Å². The van der Waals surface area contributed by atoms with E-state index in [9.17, 15) is 0 Å². The number of thiazole rings is 1. The second-order valence-corrected chi connectivity index (χ2v) is 4.72. The minimum atomic E-state index is -0.0903. The van der Waals surface area contributed by atoms with E-state index in [1.165, 1.54) is 11.3 Å². The van der Waals surface area contributed by atoms with Gasteiger partial charge in [-0.2, -0.15) is 4.99 Å². The molecule has 0 aliphatic heterocycles. The zero-order chi connectivity index (χ0) is 13.1. The van der Waals surface area contributed by atoms with Crippen LogP contribution in [0.25, 0.3) is 10.6 Å². The predicted octanol–water partition coefficient (Wildman–Crippen LogP) is 1.75. The van der Waals surface area contributed by atoms with Crippen LogP contribution in [0.5, 0.6) is 0 Å². The van der Waals surface area contributed by atoms with Gasteiger partial charge in [-0.15, -0.1) is 0 Å². The number of hydrogen-bond acceptors (Lipinski definition) is 5. The fourth-order valence-corrected chi connectivity index (χ4v) is 2.37. The summed E-state index contributed by atoms with van der Waals surface area (Å²) in [7, 11) is 0. The molecule has 0 atom stereocenters. The number of nitrogens with one attached hydrogen (secondary N) is 1. The molecular formula is C11H13N5OS. The lowest BCUT2D eigenvalue weighted by atomic mass is 10.2. The van der Waals surface area contributed by atoms with Crippen molar-refractivity contribution < 1.29 is 5.21 Å². The van der Waals surface area contributed by atoms with Crippen molar-refractivity contribution in [2.45, 2.75) is 13.8 Å². The summed E-state index contributed by atoms with van der Waals surface area (Å²) in [5.74, 6) is -0.0903. The Hall–Kier alpha value is -1.99. The van der Waals surface area contributed by atoms with E-state index in [1.54, 1.807) is 11.7 Å². The van der Waals surface area contributed by atoms with E-state index >= 15 is 0 Å². The Kier molecular flexibility index (Phi) is 3.54. The lowest BCUT2D eigenvalue weighted by Gasteiger charge is -1.98. The summed E-state index contributed by atoms with van der Waals surface area (Å²) in [6.07, 6.45) is 1.76. The van der Waals surface area contributed by atoms with Crippen molar-refractivity contribution in [3.63, 3.8) is 0 Å². The topological polar surface area (TPSA) is 96.4 Å². The molecule has 0 radical (unpaired) electrons. The molecule has 0 amide bonds. The molecule has 2 aromatic rings. The van der Waals surface area contributed by atoms with Crippen LogP contribution in [-0.2, 0) is 0 Å². The van der Waals surface area contributed by atoms with Gasteiger partial charge < -0.3 is 5.73 Å². The van der Waals surface area contributed by atoms with Gasteiger partial charge in [0, 0.05) is 6.20 Å². The van der Waals surface area contributed by atoms with E-state index in [2.05, 4.69) is 15.0 Å². The number of nitrogens with two attached hydrogens (primary N) is 1. The number of rotatable bonds is 2. The Morgan fingerprint density at radius 1 is 1.50 bits per heavy atom. The largest absolute Gasteiger partial charge is 0.368 e. The number of aryl methyl sites for hydroxylation is 2. The number of aromatic nitrogens is 2. The first-order chi connectivity index (χ1) is 8.60. The number of hydroxylamine groups is 1. The third-order valence-corrected chi connectivity index (χ3v) is 3.34. The maximum atomic E-state index is 8.58. The predicted molar refractivity (Wildman–Crippen MR) is 71.0 cm³/mol. The SMILES string of the molecule is Cc1ccnc(-c2sc(N=C(N)NO)nc2C)c1. The molecule has 0 bridgehead atoms. The summed E-state index contributed by atoms with van der Waals surface area (Å²) in [6.45, 7) is 3.89. The Bertz CT molecular complexity index is 593. The highest BCUT2D eigenvalue weighted by molar-refractivity contribution is 7.18. The van der Waals surface area contributed by atoms with Gasteiger partial charge in [-0.05, 0) is 31.5 Å². The van der Waals surface area contributed by atoms with E-state index in [1.807, 2.05) is 26.0 Å². The summed E-state index contributed by atoms with van der Waals surface area (Å²) < 4.78 is 0. The second-order valence-electron chi connectivity index (χ2n) is 3.74. The molecule has 0 spiro atoms. The maximum absolute atomic E-state index is 8.58. The van der Waals surface area contributed by atoms with Crippen LogP contribution in [0.3, 0.4) is 0 Å². The van der Waals surface area contributed by atoms with Crippen LogP contribution < -0.4 is 11.2 Å². The van der Waals surface area contributed by atoms with Gasteiger partial charge in [0.05, 0.1) is 16.3 Å². The summed E-state index contributed by atoms with van der Waals surface area (Å²) >= 11 is 1.37. The number of guanidine groups is 1. The lowest BCUT2D eigenvalue weighted by Crippen LogP contribution is -2.27. The Balaban J connectivity index is 2.41. The molecule has 2 heterocycles. The highest BCUT2D eigenvalue weighted by atomic mass is 32.1. The van der Waals surface area contributed by atoms with Gasteiger partial charge in [-0.25, -0.2) is 10.5 Å². The van der Waals surface area contributed by atoms with Crippen molar-refractivity contribution >= 4 is 22.4 Å². The second kappa shape index (κ2) is 5.11. The van der Waals surface area contributed by atoms with Crippen LogP contribution in [0.1, 0.15) is 11.3 Å². The molecule has 4 N–H and O–H groups in total. The van der Waals surface area contributed by atoms with Gasteiger partial charge in [0.2, 0.25) is 11.1 Å². The van der Waals surface area contributed by atoms with Crippen molar-refractivity contribution in [3.05, 3.63) is 29.6 Å². The molecule has 0 unspecified atom stereocenters. The molecule has 2 aromatic heterocycles. The number of nitrogens with zero attached hydrogens (tertiary/aromatic N) is 3. The molecule has 94 valence electrons. The van der Waals surface area contributed by atoms with Gasteiger partial charge in [-0.1, -0.05) is 11.3 Å². The molecule has 0 saturated heterocycles. The molecule has 0 aromatic carbocycles. The summed E-state index contributed by atoms with van der Waals surface area (Å²) in [4.78, 5) is 13.4. The monoisotopic (exact) mass is 263 g/mol. The van der Waals surface area contributed by atoms with Gasteiger partial charge in [0.15, 0.2) is 0 Å². The smallest absolute Gasteiger partial charge is 0.220 e. The first kappa shape index (κ1) is 12.5. The number of pyridine rings is 1. The summed E-state index contributed by atoms with van der Waals surface area (Å²) in [5.41, 5.74) is 9.97. The highest BCUT2D eigenvalue weighted by Gasteiger charge is 2.10. The first-order valence-electron chi connectivity index (χ1n) is 5.25. The standard InChI is InChI=1S/C11H13N5OS/c1-6-3-4-13-8(5-6)9-7(2)14-11(18-9)15-10(12)16-17/h3-5,17H,1-2H3,(H3,12,14,15,16). The van der Waals surface area contributed by atoms with Crippen LogP contribution in [0.4, 0.5) is 5.13 Å². The quantitative estimate of drug-likeness (QED) is 0.436. The average Bonchev–Trinajstić information content (AvgIpc) is 2.70. The minimum absolute atomic E-state index is 0.0903. The fourth-order valence-electron chi connectivity index (χ4n) is 1.46. The fraction of sp³-hybridized carbons (Fsp3) is 0.182. The molecule has 18 heavy (non-hydrogen) atoms. The molecule has 0 fully saturated rings. The van der Waals surface area contributed by atoms with Crippen molar-refractivity contribution in [1.29, 1.82) is 0 Å². The summed E-state index contributed by atoms with van der Waals surface area (Å²) in [5, 5.41) is 9.06. The van der Waals surface area contributed by atoms with Crippen LogP contribution in [0.15, 0.2) is 23.3 Å². The maximum Gasteiger partial charge on any atom is 0.220 e. The van der Waals surface area contributed by atoms with E-state index < -0.39 is 0 Å². The zero-order valence-corrected chi connectivity index (χ0v) is 10.8. The van der Waals surface area contributed by atoms with Crippen LogP contribution in [-0.4, -0.2) is 21.1 Å². The molecule has 6 nitrogen and oxygen atoms in total. The average molecular weight is 263 g/mol. The zero-order valence-electron chi connectivity index (χ0n) is 10.0. The molecule has 0 aliphatic rings. The third-order valence-electron chi connectivity index (χ3n) is 2.26. The third kappa shape index (κ3) is 2.63. The normalized spacial score (nSPS) is 11.6. The van der Waals surface area contributed by atoms with E-state index in [0.29, 0.717) is 5.13 Å². The van der Waals surface area contributed by atoms with Gasteiger partial charge in [0.25, 0.3) is 0 Å². The van der Waals surface area contributed by atoms with Gasteiger partial charge >= 0.3 is 0 Å². The molecule has 2 rings (SSSR count). The van der Waals surface area contributed by atoms with Crippen LogP contribution in [0, 0.1) is 13.8 Å². The number of hydrogen-bond donors (Lipinski definition) is 3. The van der Waals surface area contributed by atoms with Crippen LogP contribution in [0.2, 0.25) is 0 Å². The van der Waals surface area contributed by atoms with Crippen LogP contribution >= 0.6 is 11.3 Å². The number of aliphatic imine (C=N–C) groups is 1. The molecule has 0 aliphatic carbocycles. The van der Waals surface area contributed by atoms with E-state index in [4.69, 9.17) is 10.9 Å². The lowest BCUT2D eigenvalue weighted by molar-refractivity contribution is 0.233. The summed E-state index contributed by atoms with van der Waals surface area (Å²) in [6, 6.07) is 3.92. The van der Waals surface area contributed by atoms with Gasteiger partial charge in [-0.3, -0.25) is 10.2 Å². The Labute approximate surface area is 108 Å². The highest BCUT2D eigenvalue weighted by Crippen LogP contribution is 2.33. The Morgan fingerprint density at radius 3 is 2.94 bits per heavy atom. The van der Waals surface area contributed by atoms with Crippen molar-refractivity contribution in [1.82, 2.24) is 15.4 Å². The van der Waals surface area contributed by atoms with E-state index in [0.717, 1.165) is 21.8 Å². The molecular weight excluding hydrogens is 250 g/mol. The van der Waals surface area contributed by atoms with Crippen molar-refractivity contribution in [3.8, 4) is 10.6 Å². The minimum Gasteiger partial charge on any atom is -0.368 e. The Morgan fingerprint density at radius 2 is 2.28 bits per heavy atom. The van der Waals surface area contributed by atoms with E-state index in [-0.39, 0.29) is 5.96 Å². The molecule has 0 saturated carbocycles. The first-order valence-corrected chi connectivity index (χ1v) is 6.06. The molecule has 7 heteroatoms.